The number of carbonyl (C=O) groups is 1. The molecule has 0 aliphatic rings. The summed E-state index contributed by atoms with van der Waals surface area (Å²) in [5.41, 5.74) is 7.31. The maximum absolute atomic E-state index is 12.1. The zero-order chi connectivity index (χ0) is 13.8. The van der Waals surface area contributed by atoms with E-state index in [1.807, 2.05) is 42.1 Å². The molecule has 0 fully saturated rings. The lowest BCUT2D eigenvalue weighted by atomic mass is 10.1. The Bertz CT molecular complexity index is 576. The zero-order valence-electron chi connectivity index (χ0n) is 11.2. The molecule has 0 spiro atoms. The van der Waals surface area contributed by atoms with Crippen molar-refractivity contribution in [2.75, 3.05) is 12.8 Å². The van der Waals surface area contributed by atoms with Gasteiger partial charge in [-0.2, -0.15) is 0 Å². The van der Waals surface area contributed by atoms with Gasteiger partial charge in [-0.3, -0.25) is 4.79 Å². The number of rotatable bonds is 4. The summed E-state index contributed by atoms with van der Waals surface area (Å²) < 4.78 is 1.91. The van der Waals surface area contributed by atoms with E-state index in [1.54, 1.807) is 18.1 Å². The number of anilines is 1. The minimum absolute atomic E-state index is 0.0496. The number of likely N-dealkylation sites (N-methyl/N-ethyl adjacent to an activating group) is 1. The maximum atomic E-state index is 12.1. The molecule has 2 N–H and O–H groups in total. The number of carbonyl (C=O) groups excluding carboxylic acids is 1. The summed E-state index contributed by atoms with van der Waals surface area (Å²) in [7, 11) is 3.70. The quantitative estimate of drug-likeness (QED) is 0.838. The van der Waals surface area contributed by atoms with Gasteiger partial charge in [0.25, 0.3) is 0 Å². The first-order valence-corrected chi connectivity index (χ1v) is 6.11. The normalized spacial score (nSPS) is 10.4. The van der Waals surface area contributed by atoms with Gasteiger partial charge < -0.3 is 15.2 Å². The van der Waals surface area contributed by atoms with E-state index in [2.05, 4.69) is 4.98 Å². The highest BCUT2D eigenvalue weighted by molar-refractivity contribution is 5.78. The van der Waals surface area contributed by atoms with Gasteiger partial charge in [0.05, 0.1) is 13.0 Å². The van der Waals surface area contributed by atoms with E-state index >= 15 is 0 Å². The Balaban J connectivity index is 1.98. The first-order chi connectivity index (χ1) is 9.06. The molecule has 0 aliphatic carbocycles. The minimum atomic E-state index is 0.0496. The molecule has 0 radical (unpaired) electrons. The second kappa shape index (κ2) is 5.56. The van der Waals surface area contributed by atoms with Crippen molar-refractivity contribution in [3.8, 4) is 0 Å². The average Bonchev–Trinajstić information content (AvgIpc) is 2.75. The molecule has 1 heterocycles. The van der Waals surface area contributed by atoms with Crippen molar-refractivity contribution in [1.82, 2.24) is 14.5 Å². The summed E-state index contributed by atoms with van der Waals surface area (Å²) >= 11 is 0. The van der Waals surface area contributed by atoms with Gasteiger partial charge in [0, 0.05) is 32.2 Å². The van der Waals surface area contributed by atoms with Gasteiger partial charge in [-0.1, -0.05) is 12.1 Å². The summed E-state index contributed by atoms with van der Waals surface area (Å²) in [5, 5.41) is 0. The van der Waals surface area contributed by atoms with Gasteiger partial charge in [-0.05, 0) is 17.7 Å². The van der Waals surface area contributed by atoms with Crippen molar-refractivity contribution in [3.05, 3.63) is 48.0 Å². The summed E-state index contributed by atoms with van der Waals surface area (Å²) in [4.78, 5) is 18.0. The first kappa shape index (κ1) is 13.1. The summed E-state index contributed by atoms with van der Waals surface area (Å²) in [6.07, 6.45) is 3.95. The van der Waals surface area contributed by atoms with Crippen LogP contribution in [-0.2, 0) is 24.8 Å². The van der Waals surface area contributed by atoms with Crippen LogP contribution in [-0.4, -0.2) is 27.4 Å². The van der Waals surface area contributed by atoms with E-state index in [9.17, 15) is 4.79 Å². The topological polar surface area (TPSA) is 64.2 Å². The molecule has 0 atom stereocenters. The lowest BCUT2D eigenvalue weighted by molar-refractivity contribution is -0.129. The van der Waals surface area contributed by atoms with Crippen LogP contribution in [0.5, 0.6) is 0 Å². The van der Waals surface area contributed by atoms with Gasteiger partial charge >= 0.3 is 0 Å². The van der Waals surface area contributed by atoms with E-state index in [-0.39, 0.29) is 5.91 Å². The number of benzene rings is 1. The minimum Gasteiger partial charge on any atom is -0.399 e. The Morgan fingerprint density at radius 1 is 1.47 bits per heavy atom. The van der Waals surface area contributed by atoms with Gasteiger partial charge in [-0.15, -0.1) is 0 Å². The van der Waals surface area contributed by atoms with Crippen LogP contribution in [0.4, 0.5) is 5.69 Å². The van der Waals surface area contributed by atoms with Crippen molar-refractivity contribution >= 4 is 11.6 Å². The van der Waals surface area contributed by atoms with Crippen molar-refractivity contribution in [3.63, 3.8) is 0 Å². The summed E-state index contributed by atoms with van der Waals surface area (Å²) in [6, 6.07) is 7.40. The van der Waals surface area contributed by atoms with E-state index in [1.165, 1.54) is 0 Å². The number of aromatic nitrogens is 2. The Hall–Kier alpha value is -2.30. The van der Waals surface area contributed by atoms with Gasteiger partial charge in [0.2, 0.25) is 5.91 Å². The van der Waals surface area contributed by atoms with Crippen molar-refractivity contribution in [2.24, 2.45) is 7.05 Å². The average molecular weight is 258 g/mol. The van der Waals surface area contributed by atoms with E-state index in [0.29, 0.717) is 18.7 Å². The SMILES string of the molecule is CN(Cc1nccn1C)C(=O)Cc1cccc(N)c1. The van der Waals surface area contributed by atoms with Crippen LogP contribution < -0.4 is 5.73 Å². The Morgan fingerprint density at radius 3 is 2.89 bits per heavy atom. The van der Waals surface area contributed by atoms with Crippen molar-refractivity contribution in [2.45, 2.75) is 13.0 Å². The fourth-order valence-electron chi connectivity index (χ4n) is 1.86. The molecule has 0 bridgehead atoms. The molecule has 0 saturated carbocycles. The molecule has 1 amide bonds. The van der Waals surface area contributed by atoms with Gasteiger partial charge in [0.1, 0.15) is 5.82 Å². The van der Waals surface area contributed by atoms with Crippen LogP contribution >= 0.6 is 0 Å². The number of nitrogens with two attached hydrogens (primary N) is 1. The van der Waals surface area contributed by atoms with Gasteiger partial charge in [-0.25, -0.2) is 4.98 Å². The number of amides is 1. The van der Waals surface area contributed by atoms with Crippen molar-refractivity contribution in [1.29, 1.82) is 0 Å². The fourth-order valence-corrected chi connectivity index (χ4v) is 1.86. The summed E-state index contributed by atoms with van der Waals surface area (Å²) in [5.74, 6) is 0.914. The molecule has 1 aromatic carbocycles. The van der Waals surface area contributed by atoms with Crippen LogP contribution in [0.3, 0.4) is 0 Å². The predicted molar refractivity (Wildman–Crippen MR) is 74.2 cm³/mol. The molecule has 0 saturated heterocycles. The fraction of sp³-hybridized carbons (Fsp3) is 0.286. The molecule has 5 nitrogen and oxygen atoms in total. The Morgan fingerprint density at radius 2 is 2.26 bits per heavy atom. The second-order valence-corrected chi connectivity index (χ2v) is 4.63. The lowest BCUT2D eigenvalue weighted by Crippen LogP contribution is -2.28. The molecule has 100 valence electrons. The number of hydrogen-bond donors (Lipinski definition) is 1. The van der Waals surface area contributed by atoms with E-state index in [0.717, 1.165) is 11.4 Å². The van der Waals surface area contributed by atoms with Crippen LogP contribution in [0.15, 0.2) is 36.7 Å². The second-order valence-electron chi connectivity index (χ2n) is 4.63. The maximum Gasteiger partial charge on any atom is 0.227 e. The smallest absolute Gasteiger partial charge is 0.227 e. The Labute approximate surface area is 112 Å². The zero-order valence-corrected chi connectivity index (χ0v) is 11.2. The highest BCUT2D eigenvalue weighted by atomic mass is 16.2. The standard InChI is InChI=1S/C14H18N4O/c1-17-7-6-16-13(17)10-18(2)14(19)9-11-4-3-5-12(15)8-11/h3-8H,9-10,15H2,1-2H3. The van der Waals surface area contributed by atoms with Crippen LogP contribution in [0.1, 0.15) is 11.4 Å². The first-order valence-electron chi connectivity index (χ1n) is 6.11. The van der Waals surface area contributed by atoms with Crippen LogP contribution in [0.2, 0.25) is 0 Å². The highest BCUT2D eigenvalue weighted by Gasteiger charge is 2.12. The molecule has 2 aromatic rings. The largest absolute Gasteiger partial charge is 0.399 e. The third-order valence-corrected chi connectivity index (χ3v) is 3.03. The lowest BCUT2D eigenvalue weighted by Gasteiger charge is -2.17. The molecular weight excluding hydrogens is 240 g/mol. The van der Waals surface area contributed by atoms with Crippen LogP contribution in [0.25, 0.3) is 0 Å². The predicted octanol–water partition coefficient (Wildman–Crippen LogP) is 1.20. The molecule has 2 rings (SSSR count). The molecule has 19 heavy (non-hydrogen) atoms. The third-order valence-electron chi connectivity index (χ3n) is 3.03. The van der Waals surface area contributed by atoms with E-state index < -0.39 is 0 Å². The van der Waals surface area contributed by atoms with Crippen LogP contribution in [0, 0.1) is 0 Å². The number of hydrogen-bond acceptors (Lipinski definition) is 3. The van der Waals surface area contributed by atoms with Gasteiger partial charge in [0.15, 0.2) is 0 Å². The molecule has 5 heteroatoms. The Kier molecular flexibility index (Phi) is 3.85. The molecule has 0 aliphatic heterocycles. The summed E-state index contributed by atoms with van der Waals surface area (Å²) in [6.45, 7) is 0.505. The number of imidazole rings is 1. The molecule has 0 unspecified atom stereocenters. The monoisotopic (exact) mass is 258 g/mol. The number of aryl methyl sites for hydroxylation is 1. The number of nitrogen functional groups attached to an aromatic ring is 1. The van der Waals surface area contributed by atoms with E-state index in [4.69, 9.17) is 5.73 Å². The van der Waals surface area contributed by atoms with Crippen molar-refractivity contribution < 1.29 is 4.79 Å². The molecular formula is C14H18N4O. The molecule has 1 aromatic heterocycles. The third kappa shape index (κ3) is 3.34. The highest BCUT2D eigenvalue weighted by Crippen LogP contribution is 2.09. The number of nitrogens with zero attached hydrogens (tertiary/aromatic N) is 3.